The molecule has 0 bridgehead atoms. The van der Waals surface area contributed by atoms with Gasteiger partial charge in [0, 0.05) is 72.7 Å². The molecule has 0 aliphatic heterocycles. The number of rotatable bonds is 7. The van der Waals surface area contributed by atoms with Gasteiger partial charge in [-0.05, 0) is 206 Å². The molecule has 0 fully saturated rings. The number of allylic oxidation sites excluding steroid dienone is 8. The predicted molar refractivity (Wildman–Crippen MR) is 346 cm³/mol. The van der Waals surface area contributed by atoms with E-state index in [-0.39, 0.29) is 21.7 Å². The van der Waals surface area contributed by atoms with Crippen molar-refractivity contribution >= 4 is 61.5 Å². The summed E-state index contributed by atoms with van der Waals surface area (Å²) in [6, 6.07) is 70.7. The minimum atomic E-state index is -0.161. The molecular formula is C79H69N3. The maximum atomic E-state index is 2.56. The fraction of sp³-hybridized carbons (Fsp3) is 0.215. The van der Waals surface area contributed by atoms with Crippen molar-refractivity contribution in [3.05, 3.63) is 274 Å². The van der Waals surface area contributed by atoms with Crippen LogP contribution in [-0.4, -0.2) is 4.57 Å². The molecule has 6 aliphatic carbocycles. The van der Waals surface area contributed by atoms with Gasteiger partial charge in [-0.25, -0.2) is 0 Å². The molecule has 400 valence electrons. The fourth-order valence-corrected chi connectivity index (χ4v) is 16.2. The van der Waals surface area contributed by atoms with E-state index in [0.717, 1.165) is 41.3 Å². The zero-order valence-corrected chi connectivity index (χ0v) is 48.7. The minimum Gasteiger partial charge on any atom is -0.310 e. The Morgan fingerprint density at radius 3 is 1.46 bits per heavy atom. The zero-order chi connectivity index (χ0) is 55.8. The number of benzene rings is 9. The summed E-state index contributed by atoms with van der Waals surface area (Å²) in [6.45, 7) is 21.5. The van der Waals surface area contributed by atoms with E-state index in [1.807, 2.05) is 0 Å². The molecule has 2 unspecified atom stereocenters. The Labute approximate surface area is 483 Å². The first-order chi connectivity index (χ1) is 39.6. The van der Waals surface area contributed by atoms with Gasteiger partial charge in [0.05, 0.1) is 11.0 Å². The van der Waals surface area contributed by atoms with Crippen molar-refractivity contribution in [2.24, 2.45) is 5.92 Å². The van der Waals surface area contributed by atoms with Crippen molar-refractivity contribution in [1.82, 2.24) is 4.57 Å². The average molecular weight is 1060 g/mol. The Bertz CT molecular complexity index is 4430. The summed E-state index contributed by atoms with van der Waals surface area (Å²) >= 11 is 0. The molecule has 0 N–H and O–H groups in total. The number of hydrogen-bond acceptors (Lipinski definition) is 2. The van der Waals surface area contributed by atoms with Crippen LogP contribution in [0.3, 0.4) is 0 Å². The van der Waals surface area contributed by atoms with Gasteiger partial charge in [-0.15, -0.1) is 0 Å². The van der Waals surface area contributed by atoms with Crippen molar-refractivity contribution in [3.63, 3.8) is 0 Å². The first-order valence-corrected chi connectivity index (χ1v) is 29.9. The van der Waals surface area contributed by atoms with Gasteiger partial charge < -0.3 is 14.4 Å². The van der Waals surface area contributed by atoms with Gasteiger partial charge in [-0.1, -0.05) is 182 Å². The summed E-state index contributed by atoms with van der Waals surface area (Å²) in [5.74, 6) is 0.792. The molecule has 10 aromatic rings. The highest BCUT2D eigenvalue weighted by molar-refractivity contribution is 6.12. The van der Waals surface area contributed by atoms with Gasteiger partial charge in [0.15, 0.2) is 0 Å². The molecule has 0 amide bonds. The van der Waals surface area contributed by atoms with E-state index in [4.69, 9.17) is 0 Å². The highest BCUT2D eigenvalue weighted by Gasteiger charge is 2.45. The molecular weight excluding hydrogens is 991 g/mol. The van der Waals surface area contributed by atoms with Gasteiger partial charge in [-0.3, -0.25) is 0 Å². The van der Waals surface area contributed by atoms with Crippen LogP contribution in [0, 0.1) is 12.8 Å². The van der Waals surface area contributed by atoms with Crippen molar-refractivity contribution in [3.8, 4) is 27.9 Å². The molecule has 3 nitrogen and oxygen atoms in total. The lowest BCUT2D eigenvalue weighted by Crippen LogP contribution is -2.24. The number of hydrogen-bond donors (Lipinski definition) is 0. The van der Waals surface area contributed by atoms with Crippen molar-refractivity contribution in [2.45, 2.75) is 103 Å². The minimum absolute atomic E-state index is 0.0387. The van der Waals surface area contributed by atoms with Crippen LogP contribution in [0.1, 0.15) is 124 Å². The highest BCUT2D eigenvalue weighted by atomic mass is 15.2. The molecule has 0 spiro atoms. The normalized spacial score (nSPS) is 19.1. The van der Waals surface area contributed by atoms with E-state index in [9.17, 15) is 0 Å². The first kappa shape index (κ1) is 49.2. The molecule has 1 heterocycles. The lowest BCUT2D eigenvalue weighted by atomic mass is 9.74. The fourth-order valence-electron chi connectivity index (χ4n) is 16.2. The van der Waals surface area contributed by atoms with Gasteiger partial charge in [0.1, 0.15) is 0 Å². The van der Waals surface area contributed by atoms with Gasteiger partial charge in [0.25, 0.3) is 0 Å². The van der Waals surface area contributed by atoms with Crippen LogP contribution in [0.25, 0.3) is 55.3 Å². The molecule has 0 saturated heterocycles. The second-order valence-corrected chi connectivity index (χ2v) is 26.5. The van der Waals surface area contributed by atoms with Crippen LogP contribution in [-0.2, 0) is 21.7 Å². The van der Waals surface area contributed by atoms with E-state index >= 15 is 0 Å². The maximum Gasteiger partial charge on any atom is 0.0542 e. The van der Waals surface area contributed by atoms with Crippen LogP contribution < -0.4 is 9.80 Å². The standard InChI is InChI=1S/C79H69N3/c1-48-26-28-49(29-27-48)82-74-40-34-50(80(52-30-36-60-56-18-10-14-22-66(56)76(2,3)70(60)44-52)53-31-37-61-57-19-11-15-23-67(57)77(4,5)71(61)45-53)42-64(74)65-43-51(35-41-75(65)82)81(54-32-38-62-58-20-12-16-24-68(58)78(6,7)72(62)46-54)55-33-39-63-59-21-13-17-25-69(59)79(8,9)73(63)47-55/h10-12,14-20,22-47,58,68H,13,21H2,1-9H3. The van der Waals surface area contributed by atoms with Gasteiger partial charge in [-0.2, -0.15) is 0 Å². The quantitative estimate of drug-likeness (QED) is 0.158. The third-order valence-electron chi connectivity index (χ3n) is 20.6. The third kappa shape index (κ3) is 6.83. The molecule has 1 aromatic heterocycles. The Kier molecular flexibility index (Phi) is 10.3. The number of nitrogens with zero attached hydrogens (tertiary/aromatic N) is 3. The number of aryl methyl sites for hydroxylation is 1. The van der Waals surface area contributed by atoms with E-state index in [0.29, 0.717) is 11.8 Å². The van der Waals surface area contributed by atoms with E-state index in [2.05, 4.69) is 295 Å². The van der Waals surface area contributed by atoms with E-state index < -0.39 is 0 Å². The van der Waals surface area contributed by atoms with Gasteiger partial charge >= 0.3 is 0 Å². The van der Waals surface area contributed by atoms with Crippen LogP contribution in [0.5, 0.6) is 0 Å². The van der Waals surface area contributed by atoms with Crippen LogP contribution >= 0.6 is 0 Å². The Balaban J connectivity index is 0.924. The Morgan fingerprint density at radius 1 is 0.427 bits per heavy atom. The number of fused-ring (bicyclic) bond motifs is 14. The Hall–Kier alpha value is -8.66. The van der Waals surface area contributed by atoms with Crippen molar-refractivity contribution in [1.29, 1.82) is 0 Å². The summed E-state index contributed by atoms with van der Waals surface area (Å²) in [6.07, 6.45) is 16.3. The average Bonchev–Trinajstić information content (AvgIpc) is 4.37. The summed E-state index contributed by atoms with van der Waals surface area (Å²) in [5, 5.41) is 2.42. The Morgan fingerprint density at radius 2 is 0.890 bits per heavy atom. The predicted octanol–water partition coefficient (Wildman–Crippen LogP) is 21.2. The third-order valence-corrected chi connectivity index (χ3v) is 20.6. The maximum absolute atomic E-state index is 2.56. The summed E-state index contributed by atoms with van der Waals surface area (Å²) in [4.78, 5) is 5.10. The first-order valence-electron chi connectivity index (χ1n) is 29.9. The number of anilines is 6. The molecule has 6 aliphatic rings. The molecule has 3 heteroatoms. The molecule has 0 saturated carbocycles. The monoisotopic (exact) mass is 1060 g/mol. The van der Waals surface area contributed by atoms with Crippen molar-refractivity contribution in [2.75, 3.05) is 9.80 Å². The zero-order valence-electron chi connectivity index (χ0n) is 48.7. The smallest absolute Gasteiger partial charge is 0.0542 e. The van der Waals surface area contributed by atoms with Crippen molar-refractivity contribution < 1.29 is 0 Å². The lowest BCUT2D eigenvalue weighted by Gasteiger charge is -2.31. The molecule has 9 aromatic carbocycles. The SMILES string of the molecule is Cc1ccc(-n2c3ccc(N(c4ccc5c(c4)C(C)(C)c4ccccc4-5)c4ccc5c(c4)C(C)(C)c4ccccc4-5)cc3c3cc(N(c4ccc5c(c4)C(C)(C)C4=C5CCC=C4)c4ccc5c(c4)C(C)(C)C4C=CC=CC54)ccc32)cc1. The second kappa shape index (κ2) is 17.2. The van der Waals surface area contributed by atoms with E-state index in [1.165, 1.54) is 117 Å². The van der Waals surface area contributed by atoms with Crippen LogP contribution in [0.15, 0.2) is 224 Å². The molecule has 82 heavy (non-hydrogen) atoms. The summed E-state index contributed by atoms with van der Waals surface area (Å²) in [5.41, 5.74) is 30.7. The van der Waals surface area contributed by atoms with Gasteiger partial charge in [0.2, 0.25) is 0 Å². The molecule has 2 atom stereocenters. The number of aromatic nitrogens is 1. The van der Waals surface area contributed by atoms with Crippen LogP contribution in [0.4, 0.5) is 34.1 Å². The highest BCUT2D eigenvalue weighted by Crippen LogP contribution is 2.58. The second-order valence-electron chi connectivity index (χ2n) is 26.5. The largest absolute Gasteiger partial charge is 0.310 e. The van der Waals surface area contributed by atoms with Crippen LogP contribution in [0.2, 0.25) is 0 Å². The molecule has 16 rings (SSSR count). The summed E-state index contributed by atoms with van der Waals surface area (Å²) < 4.78 is 2.49. The summed E-state index contributed by atoms with van der Waals surface area (Å²) in [7, 11) is 0. The lowest BCUT2D eigenvalue weighted by molar-refractivity contribution is 0.394. The molecule has 0 radical (unpaired) electrons. The topological polar surface area (TPSA) is 11.4 Å². The van der Waals surface area contributed by atoms with E-state index in [1.54, 1.807) is 0 Å².